The van der Waals surface area contributed by atoms with Gasteiger partial charge in [-0.2, -0.15) is 0 Å². The molecule has 0 aromatic heterocycles. The highest BCUT2D eigenvalue weighted by Crippen LogP contribution is 2.23. The summed E-state index contributed by atoms with van der Waals surface area (Å²) in [7, 11) is 1.88. The molecule has 0 fully saturated rings. The van der Waals surface area contributed by atoms with Crippen molar-refractivity contribution in [3.8, 4) is 0 Å². The van der Waals surface area contributed by atoms with E-state index < -0.39 is 6.10 Å². The van der Waals surface area contributed by atoms with Gasteiger partial charge < -0.3 is 10.0 Å². The van der Waals surface area contributed by atoms with Gasteiger partial charge in [-0.1, -0.05) is 24.3 Å². The van der Waals surface area contributed by atoms with E-state index >= 15 is 0 Å². The molecule has 1 heterocycles. The van der Waals surface area contributed by atoms with Crippen molar-refractivity contribution in [3.63, 3.8) is 0 Å². The summed E-state index contributed by atoms with van der Waals surface area (Å²) in [6.07, 6.45) is -0.822. The first-order valence-corrected chi connectivity index (χ1v) is 7.88. The van der Waals surface area contributed by atoms with Crippen LogP contribution in [0.15, 0.2) is 48.5 Å². The number of aryl methyl sites for hydroxylation is 1. The van der Waals surface area contributed by atoms with Crippen molar-refractivity contribution in [1.82, 2.24) is 4.90 Å². The number of rotatable bonds is 5. The summed E-state index contributed by atoms with van der Waals surface area (Å²) in [5, 5.41) is 10.3. The van der Waals surface area contributed by atoms with Gasteiger partial charge in [0.25, 0.3) is 11.8 Å². The van der Waals surface area contributed by atoms with Crippen LogP contribution in [0.1, 0.15) is 26.3 Å². The summed E-state index contributed by atoms with van der Waals surface area (Å²) in [5.41, 5.74) is 2.93. The fraction of sp³-hybridized carbons (Fsp3) is 0.263. The molecule has 1 N–H and O–H groups in total. The van der Waals surface area contributed by atoms with Crippen LogP contribution in [0.4, 0.5) is 5.69 Å². The number of hydrogen-bond donors (Lipinski definition) is 1. The van der Waals surface area contributed by atoms with Gasteiger partial charge >= 0.3 is 0 Å². The number of amides is 2. The maximum Gasteiger partial charge on any atom is 0.261 e. The molecule has 3 rings (SSSR count). The lowest BCUT2D eigenvalue weighted by Crippen LogP contribution is -2.41. The monoisotopic (exact) mass is 324 g/mol. The SMILES string of the molecule is Cc1cccc(N(C)CC(O)CN2C(=O)c3ccccc3C2=O)c1. The number of hydrogen-bond acceptors (Lipinski definition) is 4. The lowest BCUT2D eigenvalue weighted by Gasteiger charge is -2.25. The Hall–Kier alpha value is -2.66. The maximum absolute atomic E-state index is 12.3. The number of imide groups is 1. The molecule has 0 aliphatic carbocycles. The first kappa shape index (κ1) is 16.2. The van der Waals surface area contributed by atoms with Crippen molar-refractivity contribution in [1.29, 1.82) is 0 Å². The van der Waals surface area contributed by atoms with E-state index in [1.807, 2.05) is 43.1 Å². The number of fused-ring (bicyclic) bond motifs is 1. The smallest absolute Gasteiger partial charge is 0.261 e. The van der Waals surface area contributed by atoms with Crippen molar-refractivity contribution < 1.29 is 14.7 Å². The summed E-state index contributed by atoms with van der Waals surface area (Å²) in [6, 6.07) is 14.7. The van der Waals surface area contributed by atoms with E-state index in [4.69, 9.17) is 0 Å². The van der Waals surface area contributed by atoms with Crippen molar-refractivity contribution in [2.24, 2.45) is 0 Å². The molecule has 2 amide bonds. The third-order valence-corrected chi connectivity index (χ3v) is 4.20. The number of aliphatic hydroxyl groups excluding tert-OH is 1. The highest BCUT2D eigenvalue weighted by Gasteiger charge is 2.36. The quantitative estimate of drug-likeness (QED) is 0.856. The number of β-amino-alcohol motifs (C(OH)–C–C–N with tert-alkyl or cyclic N) is 1. The first-order valence-electron chi connectivity index (χ1n) is 7.88. The van der Waals surface area contributed by atoms with E-state index in [0.717, 1.165) is 16.2 Å². The van der Waals surface area contributed by atoms with Crippen LogP contribution in [-0.4, -0.2) is 48.1 Å². The minimum Gasteiger partial charge on any atom is -0.389 e. The molecule has 1 aliphatic rings. The second-order valence-electron chi connectivity index (χ2n) is 6.14. The van der Waals surface area contributed by atoms with Gasteiger partial charge in [0.15, 0.2) is 0 Å². The first-order chi connectivity index (χ1) is 11.5. The lowest BCUT2D eigenvalue weighted by molar-refractivity contribution is 0.0552. The Labute approximate surface area is 141 Å². The van der Waals surface area contributed by atoms with Gasteiger partial charge in [-0.3, -0.25) is 14.5 Å². The largest absolute Gasteiger partial charge is 0.389 e. The van der Waals surface area contributed by atoms with Gasteiger partial charge in [0, 0.05) is 19.3 Å². The van der Waals surface area contributed by atoms with Crippen molar-refractivity contribution >= 4 is 17.5 Å². The average Bonchev–Trinajstić information content (AvgIpc) is 2.80. The average molecular weight is 324 g/mol. The Morgan fingerprint density at radius 1 is 1.04 bits per heavy atom. The Bertz CT molecular complexity index is 753. The normalized spacial score (nSPS) is 14.7. The predicted molar refractivity (Wildman–Crippen MR) is 92.3 cm³/mol. The number of carbonyl (C=O) groups is 2. The van der Waals surface area contributed by atoms with E-state index in [1.165, 1.54) is 0 Å². The molecule has 1 unspecified atom stereocenters. The van der Waals surface area contributed by atoms with Crippen molar-refractivity contribution in [3.05, 3.63) is 65.2 Å². The summed E-state index contributed by atoms with van der Waals surface area (Å²) in [6.45, 7) is 2.33. The highest BCUT2D eigenvalue weighted by atomic mass is 16.3. The van der Waals surface area contributed by atoms with Gasteiger partial charge in [-0.05, 0) is 36.8 Å². The molecule has 5 heteroatoms. The second kappa shape index (κ2) is 6.45. The van der Waals surface area contributed by atoms with E-state index in [-0.39, 0.29) is 18.4 Å². The molecule has 1 aliphatic heterocycles. The van der Waals surface area contributed by atoms with Gasteiger partial charge in [-0.25, -0.2) is 0 Å². The van der Waals surface area contributed by atoms with Crippen LogP contribution in [0.25, 0.3) is 0 Å². The summed E-state index contributed by atoms with van der Waals surface area (Å²) in [4.78, 5) is 27.7. The van der Waals surface area contributed by atoms with Gasteiger partial charge in [-0.15, -0.1) is 0 Å². The Kier molecular flexibility index (Phi) is 4.36. The van der Waals surface area contributed by atoms with Crippen LogP contribution in [0.3, 0.4) is 0 Å². The molecule has 2 aromatic rings. The zero-order chi connectivity index (χ0) is 17.3. The Balaban J connectivity index is 1.67. The summed E-state index contributed by atoms with van der Waals surface area (Å²) in [5.74, 6) is -0.680. The van der Waals surface area contributed by atoms with Gasteiger partial charge in [0.2, 0.25) is 0 Å². The fourth-order valence-corrected chi connectivity index (χ4v) is 2.96. The second-order valence-corrected chi connectivity index (χ2v) is 6.14. The molecule has 124 valence electrons. The molecular weight excluding hydrogens is 304 g/mol. The number of aliphatic hydroxyl groups is 1. The molecule has 5 nitrogen and oxygen atoms in total. The van der Waals surface area contributed by atoms with Crippen LogP contribution >= 0.6 is 0 Å². The number of anilines is 1. The van der Waals surface area contributed by atoms with Gasteiger partial charge in [0.05, 0.1) is 23.8 Å². The molecule has 2 aromatic carbocycles. The van der Waals surface area contributed by atoms with Crippen LogP contribution in [-0.2, 0) is 0 Å². The van der Waals surface area contributed by atoms with E-state index in [1.54, 1.807) is 24.3 Å². The molecule has 0 saturated carbocycles. The topological polar surface area (TPSA) is 60.9 Å². The van der Waals surface area contributed by atoms with Crippen LogP contribution in [0.5, 0.6) is 0 Å². The summed E-state index contributed by atoms with van der Waals surface area (Å²) >= 11 is 0. The van der Waals surface area contributed by atoms with E-state index in [0.29, 0.717) is 17.7 Å². The van der Waals surface area contributed by atoms with E-state index in [2.05, 4.69) is 0 Å². The molecule has 24 heavy (non-hydrogen) atoms. The number of carbonyl (C=O) groups excluding carboxylic acids is 2. The molecule has 1 atom stereocenters. The van der Waals surface area contributed by atoms with Crippen LogP contribution in [0, 0.1) is 6.92 Å². The molecule has 0 spiro atoms. The molecule has 0 saturated heterocycles. The standard InChI is InChI=1S/C19H20N2O3/c1-13-6-5-7-14(10-13)20(2)11-15(22)12-21-18(23)16-8-3-4-9-17(16)19(21)24/h3-10,15,22H,11-12H2,1-2H3. The van der Waals surface area contributed by atoms with Crippen molar-refractivity contribution in [2.75, 3.05) is 25.0 Å². The summed E-state index contributed by atoms with van der Waals surface area (Å²) < 4.78 is 0. The lowest BCUT2D eigenvalue weighted by atomic mass is 10.1. The Morgan fingerprint density at radius 3 is 2.25 bits per heavy atom. The van der Waals surface area contributed by atoms with Crippen LogP contribution < -0.4 is 4.90 Å². The third-order valence-electron chi connectivity index (χ3n) is 4.20. The van der Waals surface area contributed by atoms with Crippen molar-refractivity contribution in [2.45, 2.75) is 13.0 Å². The van der Waals surface area contributed by atoms with E-state index in [9.17, 15) is 14.7 Å². The minimum absolute atomic E-state index is 0.0114. The Morgan fingerprint density at radius 2 is 1.67 bits per heavy atom. The molecule has 0 radical (unpaired) electrons. The van der Waals surface area contributed by atoms with Crippen LogP contribution in [0.2, 0.25) is 0 Å². The predicted octanol–water partition coefficient (Wildman–Crippen LogP) is 2.09. The number of likely N-dealkylation sites (N-methyl/N-ethyl adjacent to an activating group) is 1. The number of nitrogens with zero attached hydrogens (tertiary/aromatic N) is 2. The zero-order valence-corrected chi connectivity index (χ0v) is 13.8. The molecule has 0 bridgehead atoms. The van der Waals surface area contributed by atoms with Gasteiger partial charge in [0.1, 0.15) is 0 Å². The zero-order valence-electron chi connectivity index (χ0n) is 13.8. The minimum atomic E-state index is -0.822. The highest BCUT2D eigenvalue weighted by molar-refractivity contribution is 6.21. The number of benzene rings is 2. The fourth-order valence-electron chi connectivity index (χ4n) is 2.96. The third kappa shape index (κ3) is 3.03. The molecular formula is C19H20N2O3. The maximum atomic E-state index is 12.3.